The number of hydrogen-bond donors (Lipinski definition) is 3. The van der Waals surface area contributed by atoms with Crippen LogP contribution in [-0.2, 0) is 9.47 Å². The molecule has 0 bridgehead atoms. The Balaban J connectivity index is 1.25. The summed E-state index contributed by atoms with van der Waals surface area (Å²) in [7, 11) is 0. The highest BCUT2D eigenvalue weighted by Gasteiger charge is 2.58. The van der Waals surface area contributed by atoms with Gasteiger partial charge >= 0.3 is 0 Å². The lowest BCUT2D eigenvalue weighted by Gasteiger charge is -2.58. The molecule has 0 spiro atoms. The van der Waals surface area contributed by atoms with Crippen LogP contribution < -0.4 is 0 Å². The largest absolute Gasteiger partial charge is 0.394 e. The fourth-order valence-electron chi connectivity index (χ4n) is 9.37. The Labute approximate surface area is 269 Å². The van der Waals surface area contributed by atoms with Crippen molar-refractivity contribution in [1.29, 1.82) is 0 Å². The van der Waals surface area contributed by atoms with Crippen molar-refractivity contribution in [2.75, 3.05) is 19.8 Å². The zero-order valence-electron chi connectivity index (χ0n) is 28.4. The van der Waals surface area contributed by atoms with E-state index in [0.717, 1.165) is 50.4 Å². The van der Waals surface area contributed by atoms with Gasteiger partial charge in [0.05, 0.1) is 31.5 Å². The minimum Gasteiger partial charge on any atom is -0.394 e. The molecular formula is C39H66O5. The monoisotopic (exact) mass is 614 g/mol. The number of aliphatic hydroxyl groups excluding tert-OH is 3. The summed E-state index contributed by atoms with van der Waals surface area (Å²) in [5, 5.41) is 29.0. The van der Waals surface area contributed by atoms with Gasteiger partial charge in [-0.1, -0.05) is 88.8 Å². The van der Waals surface area contributed by atoms with Gasteiger partial charge < -0.3 is 24.8 Å². The molecule has 3 saturated carbocycles. The molecule has 0 amide bonds. The van der Waals surface area contributed by atoms with Gasteiger partial charge in [-0.15, -0.1) is 0 Å². The zero-order valence-corrected chi connectivity index (χ0v) is 28.4. The first-order valence-electron chi connectivity index (χ1n) is 18.6. The van der Waals surface area contributed by atoms with Crippen molar-refractivity contribution in [3.63, 3.8) is 0 Å². The summed E-state index contributed by atoms with van der Waals surface area (Å²) in [5.74, 6) is 2.27. The van der Waals surface area contributed by atoms with Crippen LogP contribution in [0.3, 0.4) is 0 Å². The highest BCUT2D eigenvalue weighted by Crippen LogP contribution is 2.65. The maximum absolute atomic E-state index is 10.8. The number of rotatable bonds is 19. The Hall–Kier alpha value is -0.980. The predicted octanol–water partition coefficient (Wildman–Crippen LogP) is 8.47. The first-order valence-corrected chi connectivity index (χ1v) is 18.6. The second-order valence-corrected chi connectivity index (χ2v) is 15.2. The van der Waals surface area contributed by atoms with Gasteiger partial charge in [-0.3, -0.25) is 0 Å². The molecule has 0 aromatic rings. The number of aliphatic hydroxyl groups is 3. The van der Waals surface area contributed by atoms with E-state index in [1.54, 1.807) is 5.57 Å². The lowest BCUT2D eigenvalue weighted by Crippen LogP contribution is -2.51. The summed E-state index contributed by atoms with van der Waals surface area (Å²) in [5.41, 5.74) is 2.14. The van der Waals surface area contributed by atoms with E-state index in [4.69, 9.17) is 14.6 Å². The average molecular weight is 615 g/mol. The first-order chi connectivity index (χ1) is 21.3. The molecule has 0 aromatic heterocycles. The van der Waals surface area contributed by atoms with Crippen LogP contribution in [0.5, 0.6) is 0 Å². The maximum atomic E-state index is 10.8. The molecule has 3 N–H and O–H groups in total. The SMILES string of the molecule is CCCCC/C=C\C(/C=C\CCCCCCCOCC(O)CO)OC1C=C2CCC3C(CCC4(C)C(O)CCC34)C2(C)CC1. The molecular weight excluding hydrogens is 548 g/mol. The van der Waals surface area contributed by atoms with Gasteiger partial charge in [0.15, 0.2) is 0 Å². The third-order valence-electron chi connectivity index (χ3n) is 12.2. The molecule has 0 aromatic carbocycles. The molecule has 9 unspecified atom stereocenters. The van der Waals surface area contributed by atoms with Crippen molar-refractivity contribution in [2.45, 2.75) is 161 Å². The van der Waals surface area contributed by atoms with Gasteiger partial charge in [0, 0.05) is 6.61 Å². The summed E-state index contributed by atoms with van der Waals surface area (Å²) >= 11 is 0. The summed E-state index contributed by atoms with van der Waals surface area (Å²) in [6.45, 7) is 7.86. The van der Waals surface area contributed by atoms with Crippen molar-refractivity contribution in [1.82, 2.24) is 0 Å². The number of fused-ring (bicyclic) bond motifs is 5. The normalized spacial score (nSPS) is 35.0. The van der Waals surface area contributed by atoms with E-state index in [1.165, 1.54) is 77.0 Å². The van der Waals surface area contributed by atoms with Gasteiger partial charge in [0.25, 0.3) is 0 Å². The van der Waals surface area contributed by atoms with Gasteiger partial charge in [0.2, 0.25) is 0 Å². The molecule has 4 aliphatic rings. The molecule has 5 heteroatoms. The molecule has 0 heterocycles. The third-order valence-corrected chi connectivity index (χ3v) is 12.2. The second-order valence-electron chi connectivity index (χ2n) is 15.2. The van der Waals surface area contributed by atoms with Crippen molar-refractivity contribution < 1.29 is 24.8 Å². The Kier molecular flexibility index (Phi) is 14.5. The van der Waals surface area contributed by atoms with Crippen LogP contribution in [0, 0.1) is 28.6 Å². The Morgan fingerprint density at radius 1 is 0.886 bits per heavy atom. The lowest BCUT2D eigenvalue weighted by molar-refractivity contribution is -0.0785. The van der Waals surface area contributed by atoms with Crippen LogP contribution in [0.15, 0.2) is 36.0 Å². The number of allylic oxidation sites excluding steroid dienone is 3. The van der Waals surface area contributed by atoms with E-state index in [-0.39, 0.29) is 36.9 Å². The van der Waals surface area contributed by atoms with Crippen LogP contribution in [0.4, 0.5) is 0 Å². The molecule has 4 rings (SSSR count). The topological polar surface area (TPSA) is 79.2 Å². The molecule has 0 saturated heterocycles. The molecule has 0 radical (unpaired) electrons. The molecule has 0 aliphatic heterocycles. The zero-order chi connectivity index (χ0) is 31.4. The van der Waals surface area contributed by atoms with Crippen molar-refractivity contribution >= 4 is 0 Å². The Morgan fingerprint density at radius 3 is 2.36 bits per heavy atom. The number of hydrogen-bond acceptors (Lipinski definition) is 5. The molecule has 252 valence electrons. The minimum atomic E-state index is -0.757. The van der Waals surface area contributed by atoms with Crippen LogP contribution in [0.2, 0.25) is 0 Å². The van der Waals surface area contributed by atoms with Gasteiger partial charge in [-0.25, -0.2) is 0 Å². The van der Waals surface area contributed by atoms with Crippen molar-refractivity contribution in [3.05, 3.63) is 36.0 Å². The average Bonchev–Trinajstić information content (AvgIpc) is 3.33. The van der Waals surface area contributed by atoms with Crippen LogP contribution in [0.1, 0.15) is 136 Å². The van der Waals surface area contributed by atoms with E-state index in [9.17, 15) is 10.2 Å². The van der Waals surface area contributed by atoms with Crippen LogP contribution in [-0.4, -0.2) is 59.6 Å². The summed E-state index contributed by atoms with van der Waals surface area (Å²) in [4.78, 5) is 0. The first kappa shape index (κ1) is 35.9. The van der Waals surface area contributed by atoms with Crippen molar-refractivity contribution in [3.8, 4) is 0 Å². The van der Waals surface area contributed by atoms with E-state index in [2.05, 4.69) is 51.2 Å². The standard InChI is InChI=1S/C39H66O5/c1-4-5-6-10-13-16-32(17-14-11-8-7-9-12-15-26-43-29-31(41)28-40)44-33-22-24-38(2)30(27-33)18-19-34-35-20-21-37(42)39(35,3)25-23-36(34)38/h13-14,16-17,27,31-37,40-42H,4-12,15,18-26,28-29H2,1-3H3/b16-13-,17-14-. The maximum Gasteiger partial charge on any atom is 0.100 e. The molecule has 5 nitrogen and oxygen atoms in total. The third kappa shape index (κ3) is 9.31. The quantitative estimate of drug-likeness (QED) is 0.100. The molecule has 3 fully saturated rings. The van der Waals surface area contributed by atoms with E-state index < -0.39 is 6.10 Å². The number of unbranched alkanes of at least 4 members (excludes halogenated alkanes) is 8. The van der Waals surface area contributed by atoms with Crippen LogP contribution in [0.25, 0.3) is 0 Å². The fraction of sp³-hybridized carbons (Fsp3) is 0.846. The molecule has 4 aliphatic carbocycles. The van der Waals surface area contributed by atoms with Gasteiger partial charge in [0.1, 0.15) is 6.10 Å². The number of ether oxygens (including phenoxy) is 2. The Morgan fingerprint density at radius 2 is 1.61 bits per heavy atom. The van der Waals surface area contributed by atoms with E-state index in [0.29, 0.717) is 17.9 Å². The predicted molar refractivity (Wildman–Crippen MR) is 180 cm³/mol. The van der Waals surface area contributed by atoms with E-state index in [1.807, 2.05) is 0 Å². The molecule has 9 atom stereocenters. The Bertz CT molecular complexity index is 927. The van der Waals surface area contributed by atoms with Gasteiger partial charge in [-0.2, -0.15) is 0 Å². The lowest BCUT2D eigenvalue weighted by atomic mass is 9.47. The van der Waals surface area contributed by atoms with E-state index >= 15 is 0 Å². The fourth-order valence-corrected chi connectivity index (χ4v) is 9.37. The summed E-state index contributed by atoms with van der Waals surface area (Å²) in [6.07, 6.45) is 32.6. The highest BCUT2D eigenvalue weighted by atomic mass is 16.5. The van der Waals surface area contributed by atoms with Gasteiger partial charge in [-0.05, 0) is 112 Å². The summed E-state index contributed by atoms with van der Waals surface area (Å²) < 4.78 is 12.2. The second kappa shape index (κ2) is 17.8. The minimum absolute atomic E-state index is 0.0426. The molecule has 44 heavy (non-hydrogen) atoms. The highest BCUT2D eigenvalue weighted by molar-refractivity contribution is 5.26. The van der Waals surface area contributed by atoms with Crippen LogP contribution >= 0.6 is 0 Å². The summed E-state index contributed by atoms with van der Waals surface area (Å²) in [6, 6.07) is 0. The van der Waals surface area contributed by atoms with Crippen molar-refractivity contribution in [2.24, 2.45) is 28.6 Å². The smallest absolute Gasteiger partial charge is 0.100 e.